The van der Waals surface area contributed by atoms with Gasteiger partial charge in [0.25, 0.3) is 0 Å². The van der Waals surface area contributed by atoms with Gasteiger partial charge in [-0.1, -0.05) is 37.6 Å². The molecule has 1 rings (SSSR count). The Balaban J connectivity index is 2.09. The number of halogens is 1. The fourth-order valence-corrected chi connectivity index (χ4v) is 1.71. The van der Waals surface area contributed by atoms with E-state index in [1.54, 1.807) is 0 Å². The number of nitrogens with one attached hydrogen (secondary N) is 1. The number of hydrogen-bond acceptors (Lipinski definition) is 2. The maximum atomic E-state index is 5.79. The van der Waals surface area contributed by atoms with Gasteiger partial charge in [-0.05, 0) is 17.5 Å². The molecule has 1 aromatic rings. The minimum atomic E-state index is 0.577. The predicted octanol–water partition coefficient (Wildman–Crippen LogP) is 3.33. The minimum Gasteiger partial charge on any atom is -0.380 e. The molecule has 0 aliphatic rings. The number of ether oxygens (including phenoxy) is 1. The third-order valence-corrected chi connectivity index (χ3v) is 2.85. The van der Waals surface area contributed by atoms with Gasteiger partial charge in [-0.15, -0.1) is 11.6 Å². The van der Waals surface area contributed by atoms with Gasteiger partial charge in [0, 0.05) is 25.6 Å². The molecule has 0 amide bonds. The summed E-state index contributed by atoms with van der Waals surface area (Å²) in [6, 6.07) is 8.34. The first-order chi connectivity index (χ1) is 8.36. The molecule has 0 aromatic heterocycles. The Morgan fingerprint density at radius 1 is 1.24 bits per heavy atom. The lowest BCUT2D eigenvalue weighted by atomic mass is 10.1. The van der Waals surface area contributed by atoms with Crippen LogP contribution in [-0.2, 0) is 17.2 Å². The number of alkyl halides is 1. The first kappa shape index (κ1) is 14.5. The molecular formula is C14H22ClNO. The molecule has 96 valence electrons. The first-order valence-corrected chi connectivity index (χ1v) is 6.82. The highest BCUT2D eigenvalue weighted by Crippen LogP contribution is 2.07. The van der Waals surface area contributed by atoms with Crippen LogP contribution >= 0.6 is 11.6 Å². The highest BCUT2D eigenvalue weighted by Gasteiger charge is 1.95. The lowest BCUT2D eigenvalue weighted by molar-refractivity contribution is 0.133. The van der Waals surface area contributed by atoms with Crippen molar-refractivity contribution in [3.8, 4) is 0 Å². The fraction of sp³-hybridized carbons (Fsp3) is 0.571. The van der Waals surface area contributed by atoms with Gasteiger partial charge >= 0.3 is 0 Å². The van der Waals surface area contributed by atoms with Crippen LogP contribution in [0.4, 0.5) is 0 Å². The summed E-state index contributed by atoms with van der Waals surface area (Å²) in [6.07, 6.45) is 2.34. The van der Waals surface area contributed by atoms with Crippen molar-refractivity contribution in [1.82, 2.24) is 5.32 Å². The molecule has 0 bridgehead atoms. The van der Waals surface area contributed by atoms with Crippen molar-refractivity contribution in [3.63, 3.8) is 0 Å². The average molecular weight is 256 g/mol. The van der Waals surface area contributed by atoms with E-state index < -0.39 is 0 Å². The van der Waals surface area contributed by atoms with Gasteiger partial charge in [0.15, 0.2) is 0 Å². The molecule has 0 spiro atoms. The van der Waals surface area contributed by atoms with Crippen LogP contribution in [0.25, 0.3) is 0 Å². The predicted molar refractivity (Wildman–Crippen MR) is 73.4 cm³/mol. The Bertz CT molecular complexity index is 304. The molecule has 3 heteroatoms. The van der Waals surface area contributed by atoms with E-state index in [4.69, 9.17) is 16.3 Å². The van der Waals surface area contributed by atoms with Crippen molar-refractivity contribution >= 4 is 11.6 Å². The van der Waals surface area contributed by atoms with Crippen molar-refractivity contribution in [3.05, 3.63) is 35.4 Å². The molecule has 0 radical (unpaired) electrons. The highest BCUT2D eigenvalue weighted by molar-refractivity contribution is 6.17. The van der Waals surface area contributed by atoms with Gasteiger partial charge in [-0.2, -0.15) is 0 Å². The third-order valence-electron chi connectivity index (χ3n) is 2.54. The van der Waals surface area contributed by atoms with Crippen molar-refractivity contribution < 1.29 is 4.74 Å². The topological polar surface area (TPSA) is 21.3 Å². The zero-order chi connectivity index (χ0) is 12.3. The van der Waals surface area contributed by atoms with Crippen molar-refractivity contribution in [2.24, 2.45) is 0 Å². The van der Waals surface area contributed by atoms with Crippen molar-refractivity contribution in [1.29, 1.82) is 0 Å². The van der Waals surface area contributed by atoms with E-state index in [0.29, 0.717) is 5.88 Å². The van der Waals surface area contributed by atoms with E-state index in [2.05, 4.69) is 24.4 Å². The Hall–Kier alpha value is -0.570. The van der Waals surface area contributed by atoms with E-state index in [0.717, 1.165) is 32.7 Å². The van der Waals surface area contributed by atoms with E-state index >= 15 is 0 Å². The zero-order valence-corrected chi connectivity index (χ0v) is 11.3. The maximum Gasteiger partial charge on any atom is 0.0591 e. The molecular weight excluding hydrogens is 234 g/mol. The van der Waals surface area contributed by atoms with Crippen LogP contribution in [0.1, 0.15) is 30.9 Å². The summed E-state index contributed by atoms with van der Waals surface area (Å²) in [4.78, 5) is 0. The molecule has 0 heterocycles. The standard InChI is InChI=1S/C14H22ClNO/c1-2-3-8-17-9-7-16-12-14-6-4-5-13(10-14)11-15/h4-6,10,16H,2-3,7-9,11-12H2,1H3. The summed E-state index contributed by atoms with van der Waals surface area (Å²) in [7, 11) is 0. The average Bonchev–Trinajstić information content (AvgIpc) is 2.38. The monoisotopic (exact) mass is 255 g/mol. The molecule has 0 aliphatic carbocycles. The highest BCUT2D eigenvalue weighted by atomic mass is 35.5. The van der Waals surface area contributed by atoms with E-state index in [-0.39, 0.29) is 0 Å². The van der Waals surface area contributed by atoms with Gasteiger partial charge in [0.05, 0.1) is 6.61 Å². The SMILES string of the molecule is CCCCOCCNCc1cccc(CCl)c1. The summed E-state index contributed by atoms with van der Waals surface area (Å²) in [5.41, 5.74) is 2.45. The first-order valence-electron chi connectivity index (χ1n) is 6.29. The second-order valence-corrected chi connectivity index (χ2v) is 4.36. The van der Waals surface area contributed by atoms with Crippen LogP contribution in [0.2, 0.25) is 0 Å². The molecule has 17 heavy (non-hydrogen) atoms. The van der Waals surface area contributed by atoms with Gasteiger partial charge < -0.3 is 10.1 Å². The van der Waals surface area contributed by atoms with Crippen LogP contribution in [0.15, 0.2) is 24.3 Å². The second-order valence-electron chi connectivity index (χ2n) is 4.10. The summed E-state index contributed by atoms with van der Waals surface area (Å²) < 4.78 is 5.47. The Morgan fingerprint density at radius 3 is 2.82 bits per heavy atom. The minimum absolute atomic E-state index is 0.577. The van der Waals surface area contributed by atoms with Crippen molar-refractivity contribution in [2.75, 3.05) is 19.8 Å². The van der Waals surface area contributed by atoms with Gasteiger partial charge in [-0.3, -0.25) is 0 Å². The molecule has 1 aromatic carbocycles. The summed E-state index contributed by atoms with van der Waals surface area (Å²) in [6.45, 7) is 5.61. The molecule has 0 fully saturated rings. The third kappa shape index (κ3) is 6.67. The van der Waals surface area contributed by atoms with Gasteiger partial charge in [-0.25, -0.2) is 0 Å². The zero-order valence-electron chi connectivity index (χ0n) is 10.5. The van der Waals surface area contributed by atoms with Crippen LogP contribution in [-0.4, -0.2) is 19.8 Å². The van der Waals surface area contributed by atoms with Crippen LogP contribution < -0.4 is 5.32 Å². The lowest BCUT2D eigenvalue weighted by Gasteiger charge is -2.06. The molecule has 0 atom stereocenters. The van der Waals surface area contributed by atoms with Crippen LogP contribution in [0.3, 0.4) is 0 Å². The Labute approximate surface area is 109 Å². The molecule has 0 saturated heterocycles. The van der Waals surface area contributed by atoms with Gasteiger partial charge in [0.2, 0.25) is 0 Å². The Kier molecular flexibility index (Phi) is 8.06. The molecule has 0 unspecified atom stereocenters. The summed E-state index contributed by atoms with van der Waals surface area (Å²) >= 11 is 5.79. The van der Waals surface area contributed by atoms with E-state index in [9.17, 15) is 0 Å². The normalized spacial score (nSPS) is 10.7. The number of unbranched alkanes of at least 4 members (excludes halogenated alkanes) is 1. The van der Waals surface area contributed by atoms with E-state index in [1.165, 1.54) is 17.5 Å². The smallest absolute Gasteiger partial charge is 0.0591 e. The van der Waals surface area contributed by atoms with Crippen LogP contribution in [0.5, 0.6) is 0 Å². The molecule has 1 N–H and O–H groups in total. The summed E-state index contributed by atoms with van der Waals surface area (Å²) in [5.74, 6) is 0.577. The number of hydrogen-bond donors (Lipinski definition) is 1. The summed E-state index contributed by atoms with van der Waals surface area (Å²) in [5, 5.41) is 3.36. The quantitative estimate of drug-likeness (QED) is 0.540. The lowest BCUT2D eigenvalue weighted by Crippen LogP contribution is -2.19. The maximum absolute atomic E-state index is 5.79. The van der Waals surface area contributed by atoms with Crippen molar-refractivity contribution in [2.45, 2.75) is 32.2 Å². The van der Waals surface area contributed by atoms with Crippen LogP contribution in [0, 0.1) is 0 Å². The Morgan fingerprint density at radius 2 is 2.06 bits per heavy atom. The molecule has 0 aliphatic heterocycles. The molecule has 2 nitrogen and oxygen atoms in total. The second kappa shape index (κ2) is 9.46. The number of benzene rings is 1. The number of rotatable bonds is 9. The van der Waals surface area contributed by atoms with E-state index in [1.807, 2.05) is 12.1 Å². The fourth-order valence-electron chi connectivity index (χ4n) is 1.55. The largest absolute Gasteiger partial charge is 0.380 e. The molecule has 0 saturated carbocycles. The van der Waals surface area contributed by atoms with Gasteiger partial charge in [0.1, 0.15) is 0 Å².